The summed E-state index contributed by atoms with van der Waals surface area (Å²) in [5.41, 5.74) is 1.79. The third-order valence-corrected chi connectivity index (χ3v) is 10.6. The summed E-state index contributed by atoms with van der Waals surface area (Å²) >= 11 is 6.28. The van der Waals surface area contributed by atoms with Gasteiger partial charge in [-0.25, -0.2) is 9.97 Å². The van der Waals surface area contributed by atoms with Crippen LogP contribution in [0.4, 0.5) is 17.6 Å². The van der Waals surface area contributed by atoms with Crippen LogP contribution < -0.4 is 34.6 Å². The maximum atomic E-state index is 14.3. The molecule has 0 atom stereocenters. The Morgan fingerprint density at radius 2 is 1.07 bits per heavy atom. The average Bonchev–Trinajstić information content (AvgIpc) is 3.74. The number of carboxylic acid groups (broad SMARTS) is 2. The Balaban J connectivity index is 0.000000256. The van der Waals surface area contributed by atoms with Crippen molar-refractivity contribution >= 4 is 101 Å². The third kappa shape index (κ3) is 10.6. The van der Waals surface area contributed by atoms with Crippen molar-refractivity contribution in [1.29, 1.82) is 10.5 Å². The van der Waals surface area contributed by atoms with E-state index in [9.17, 15) is 52.4 Å². The van der Waals surface area contributed by atoms with Gasteiger partial charge in [0.1, 0.15) is 15.8 Å². The second kappa shape index (κ2) is 19.6. The molecule has 0 unspecified atom stereocenters. The van der Waals surface area contributed by atoms with E-state index in [4.69, 9.17) is 5.11 Å². The fourth-order valence-corrected chi connectivity index (χ4v) is 7.93. The molecule has 23 heteroatoms. The molecule has 0 aliphatic carbocycles. The Morgan fingerprint density at radius 3 is 1.42 bits per heavy atom. The van der Waals surface area contributed by atoms with Crippen molar-refractivity contribution in [3.63, 3.8) is 0 Å². The molecule has 0 aliphatic heterocycles. The first-order chi connectivity index (χ1) is 27.5. The zero-order chi connectivity index (χ0) is 42.4. The van der Waals surface area contributed by atoms with Gasteiger partial charge in [-0.05, 0) is 79.6 Å². The number of nitrogens with one attached hydrogen (secondary N) is 2. The summed E-state index contributed by atoms with van der Waals surface area (Å²) < 4.78 is 60.8. The van der Waals surface area contributed by atoms with Gasteiger partial charge in [-0.3, -0.25) is 23.5 Å². The molecule has 3 N–H and O–H groups in total. The van der Waals surface area contributed by atoms with Crippen molar-refractivity contribution in [2.75, 3.05) is 13.1 Å². The number of rotatable bonds is 12. The van der Waals surface area contributed by atoms with Gasteiger partial charge in [0, 0.05) is 21.5 Å². The number of thioether (sulfide) groups is 2. The molecule has 0 spiro atoms. The number of amides is 2. The zero-order valence-electron chi connectivity index (χ0n) is 29.8. The summed E-state index contributed by atoms with van der Waals surface area (Å²) in [5, 5.41) is 35.0. The van der Waals surface area contributed by atoms with E-state index in [1.54, 1.807) is 83.4 Å². The van der Waals surface area contributed by atoms with Gasteiger partial charge in [0.05, 0.1) is 59.5 Å². The molecule has 59 heavy (non-hydrogen) atoms. The molecule has 0 saturated carbocycles. The smallest absolute Gasteiger partial charge is 0.548 e. The number of aliphatic carboxylic acids is 2. The summed E-state index contributed by atoms with van der Waals surface area (Å²) in [6.07, 6.45) is 2.60. The van der Waals surface area contributed by atoms with E-state index in [1.807, 2.05) is 0 Å². The van der Waals surface area contributed by atoms with Crippen LogP contribution in [0.25, 0.3) is 32.9 Å². The number of carbonyl (C=O) groups excluding carboxylic acids is 3. The van der Waals surface area contributed by atoms with Crippen LogP contribution in [0.2, 0.25) is 0 Å². The first-order valence-corrected chi connectivity index (χ1v) is 19.1. The van der Waals surface area contributed by atoms with Crippen molar-refractivity contribution < 1.29 is 65.8 Å². The minimum Gasteiger partial charge on any atom is -0.548 e. The van der Waals surface area contributed by atoms with Gasteiger partial charge in [-0.1, -0.05) is 48.5 Å². The summed E-state index contributed by atoms with van der Waals surface area (Å²) in [6, 6.07) is 24.4. The van der Waals surface area contributed by atoms with Crippen LogP contribution in [0.5, 0.6) is 0 Å². The minimum atomic E-state index is -3.99. The Kier molecular flexibility index (Phi) is 15.4. The molecule has 0 radical (unpaired) electrons. The first-order valence-electron chi connectivity index (χ1n) is 15.9. The van der Waals surface area contributed by atoms with E-state index in [-0.39, 0.29) is 52.7 Å². The molecule has 296 valence electrons. The van der Waals surface area contributed by atoms with Crippen LogP contribution in [-0.4, -0.2) is 71.6 Å². The SMILES string of the molecule is N#Cc1ccc(-n2c(Br)cnc2SC(F)(F)C(=O)NCC(=O)O)c2ccccc12.N#Cc1ccc(-n2c(Br)cnc2SC(F)(F)C(=O)NCC(=O)[O-])c2ccccc12.[Li+]. The molecule has 2 aromatic heterocycles. The molecule has 14 nitrogen and oxygen atoms in total. The number of alkyl halides is 4. The number of carbonyl (C=O) groups is 4. The largest absolute Gasteiger partial charge is 1.00 e. The quantitative estimate of drug-likeness (QED) is 0.0917. The second-order valence-corrected chi connectivity index (χ2v) is 15.1. The third-order valence-electron chi connectivity index (χ3n) is 7.66. The number of hydrogen-bond donors (Lipinski definition) is 3. The molecule has 2 heterocycles. The van der Waals surface area contributed by atoms with Crippen LogP contribution in [0, 0.1) is 22.7 Å². The molecule has 0 fully saturated rings. The van der Waals surface area contributed by atoms with E-state index in [0.717, 1.165) is 0 Å². The molecular formula is C36H21Br2F4LiN8O6S2. The van der Waals surface area contributed by atoms with Crippen LogP contribution >= 0.6 is 55.4 Å². The number of fused-ring (bicyclic) bond motifs is 2. The monoisotopic (exact) mass is 966 g/mol. The number of nitriles is 2. The first kappa shape index (κ1) is 46.3. The Labute approximate surface area is 367 Å². The number of benzene rings is 4. The van der Waals surface area contributed by atoms with Gasteiger partial charge in [0.25, 0.3) is 0 Å². The average molecular weight is 968 g/mol. The van der Waals surface area contributed by atoms with E-state index in [1.165, 1.54) is 21.5 Å². The molecular weight excluding hydrogens is 947 g/mol. The second-order valence-electron chi connectivity index (χ2n) is 11.3. The zero-order valence-corrected chi connectivity index (χ0v) is 34.6. The van der Waals surface area contributed by atoms with Crippen molar-refractivity contribution in [1.82, 2.24) is 29.7 Å². The minimum absolute atomic E-state index is 0. The Bertz CT molecular complexity index is 2510. The van der Waals surface area contributed by atoms with Gasteiger partial charge in [-0.15, -0.1) is 0 Å². The van der Waals surface area contributed by atoms with Gasteiger partial charge >= 0.3 is 47.2 Å². The predicted molar refractivity (Wildman–Crippen MR) is 207 cm³/mol. The van der Waals surface area contributed by atoms with Crippen molar-refractivity contribution in [2.24, 2.45) is 0 Å². The topological polar surface area (TPSA) is 219 Å². The van der Waals surface area contributed by atoms with Gasteiger partial charge in [0.15, 0.2) is 10.3 Å². The number of aromatic nitrogens is 4. The van der Waals surface area contributed by atoms with Gasteiger partial charge < -0.3 is 25.6 Å². The predicted octanol–water partition coefficient (Wildman–Crippen LogP) is 2.76. The summed E-state index contributed by atoms with van der Waals surface area (Å²) in [7, 11) is 0. The number of nitrogens with zero attached hydrogens (tertiary/aromatic N) is 6. The number of hydrogen-bond acceptors (Lipinski definition) is 11. The number of imidazole rings is 2. The molecule has 0 aliphatic rings. The molecule has 2 amide bonds. The Morgan fingerprint density at radius 1 is 0.695 bits per heavy atom. The van der Waals surface area contributed by atoms with Crippen LogP contribution in [-0.2, 0) is 19.2 Å². The number of carboxylic acids is 2. The van der Waals surface area contributed by atoms with Crippen LogP contribution in [0.3, 0.4) is 0 Å². The van der Waals surface area contributed by atoms with Crippen molar-refractivity contribution in [2.45, 2.75) is 20.8 Å². The van der Waals surface area contributed by atoms with Crippen LogP contribution in [0.15, 0.2) is 105 Å². The van der Waals surface area contributed by atoms with E-state index in [2.05, 4.69) is 54.0 Å². The molecule has 6 aromatic rings. The van der Waals surface area contributed by atoms with Gasteiger partial charge in [-0.2, -0.15) is 28.1 Å². The maximum Gasteiger partial charge on any atom is 1.00 e. The van der Waals surface area contributed by atoms with E-state index in [0.29, 0.717) is 53.3 Å². The molecule has 4 aromatic carbocycles. The standard InChI is InChI=1S/2C18H11BrF2N4O3S.Li/c2*19-14-8-24-17(29-18(20,21)16(28)23-9-15(26)27)25(14)13-6-5-10(7-22)11-3-1-2-4-12(11)13;/h2*1-6,8H,9H2,(H,23,28)(H,26,27);/q;;+1/p-1. The van der Waals surface area contributed by atoms with Crippen LogP contribution in [0.1, 0.15) is 11.1 Å². The summed E-state index contributed by atoms with van der Waals surface area (Å²) in [4.78, 5) is 52.1. The molecule has 0 saturated heterocycles. The fourth-order valence-electron chi connectivity index (χ4n) is 5.20. The summed E-state index contributed by atoms with van der Waals surface area (Å²) in [6.45, 7) is -1.96. The fraction of sp³-hybridized carbons (Fsp3) is 0.111. The molecule has 0 bridgehead atoms. The normalized spacial score (nSPS) is 11.1. The molecule has 6 rings (SSSR count). The van der Waals surface area contributed by atoms with Crippen molar-refractivity contribution in [3.05, 3.63) is 106 Å². The number of halogens is 6. The van der Waals surface area contributed by atoms with Crippen molar-refractivity contribution in [3.8, 4) is 23.5 Å². The summed E-state index contributed by atoms with van der Waals surface area (Å²) in [5.74, 6) is -6.64. The Hall–Kier alpha value is -5.34. The van der Waals surface area contributed by atoms with Gasteiger partial charge in [0.2, 0.25) is 0 Å². The van der Waals surface area contributed by atoms with E-state index < -0.39 is 47.4 Å². The van der Waals surface area contributed by atoms with E-state index >= 15 is 0 Å². The maximum absolute atomic E-state index is 14.3.